The Balaban J connectivity index is 2.01. The molecule has 1 heterocycles. The lowest BCUT2D eigenvalue weighted by Gasteiger charge is -2.04. The highest BCUT2D eigenvalue weighted by molar-refractivity contribution is 8.01. The first kappa shape index (κ1) is 13.1. The molecule has 0 aliphatic heterocycles. The molecule has 5 nitrogen and oxygen atoms in total. The number of aliphatic hydroxyl groups is 1. The van der Waals surface area contributed by atoms with Crippen LogP contribution in [0.2, 0.25) is 0 Å². The fourth-order valence-corrected chi connectivity index (χ4v) is 2.86. The predicted molar refractivity (Wildman–Crippen MR) is 74.0 cm³/mol. The van der Waals surface area contributed by atoms with E-state index in [2.05, 4.69) is 15.5 Å². The fourth-order valence-electron chi connectivity index (χ4n) is 1.28. The van der Waals surface area contributed by atoms with Gasteiger partial charge in [-0.2, -0.15) is 0 Å². The second-order valence-corrected chi connectivity index (χ2v) is 5.62. The van der Waals surface area contributed by atoms with Gasteiger partial charge in [0.25, 0.3) is 0 Å². The Bertz CT molecular complexity index is 505. The third-order valence-electron chi connectivity index (χ3n) is 2.04. The molecule has 0 bridgehead atoms. The number of aliphatic hydroxyl groups excluding tert-OH is 1. The highest BCUT2D eigenvalue weighted by Gasteiger charge is 2.05. The molecule has 0 unspecified atom stereocenters. The molecule has 0 saturated heterocycles. The van der Waals surface area contributed by atoms with Gasteiger partial charge in [-0.1, -0.05) is 29.2 Å². The molecule has 96 valence electrons. The van der Waals surface area contributed by atoms with Crippen LogP contribution < -0.4 is 10.1 Å². The number of thioether (sulfide) groups is 1. The first-order valence-corrected chi connectivity index (χ1v) is 7.10. The average molecular weight is 283 g/mol. The molecule has 7 heteroatoms. The molecular weight excluding hydrogens is 270 g/mol. The van der Waals surface area contributed by atoms with Gasteiger partial charge in [-0.3, -0.25) is 0 Å². The van der Waals surface area contributed by atoms with Crippen molar-refractivity contribution in [2.45, 2.75) is 4.34 Å². The monoisotopic (exact) mass is 283 g/mol. The van der Waals surface area contributed by atoms with Crippen molar-refractivity contribution < 1.29 is 9.84 Å². The second kappa shape index (κ2) is 6.58. The number of anilines is 2. The molecule has 1 aromatic carbocycles. The molecule has 0 fully saturated rings. The van der Waals surface area contributed by atoms with E-state index in [-0.39, 0.29) is 6.61 Å². The largest absolute Gasteiger partial charge is 0.497 e. The summed E-state index contributed by atoms with van der Waals surface area (Å²) in [5, 5.41) is 20.7. The van der Waals surface area contributed by atoms with E-state index in [9.17, 15) is 0 Å². The fraction of sp³-hybridized carbons (Fsp3) is 0.273. The van der Waals surface area contributed by atoms with Crippen molar-refractivity contribution in [2.75, 3.05) is 24.8 Å². The Hall–Kier alpha value is -1.31. The smallest absolute Gasteiger partial charge is 0.210 e. The van der Waals surface area contributed by atoms with Gasteiger partial charge >= 0.3 is 0 Å². The van der Waals surface area contributed by atoms with Crippen LogP contribution in [-0.4, -0.2) is 34.8 Å². The van der Waals surface area contributed by atoms with Crippen LogP contribution in [0, 0.1) is 0 Å². The minimum Gasteiger partial charge on any atom is -0.497 e. The van der Waals surface area contributed by atoms with Gasteiger partial charge in [0.2, 0.25) is 5.13 Å². The number of aromatic nitrogens is 2. The maximum atomic E-state index is 8.73. The van der Waals surface area contributed by atoms with Gasteiger partial charge in [-0.05, 0) is 12.1 Å². The van der Waals surface area contributed by atoms with Gasteiger partial charge in [-0.25, -0.2) is 0 Å². The van der Waals surface area contributed by atoms with Crippen molar-refractivity contribution in [2.24, 2.45) is 0 Å². The molecule has 0 spiro atoms. The molecule has 2 N–H and O–H groups in total. The van der Waals surface area contributed by atoms with Crippen LogP contribution in [0.4, 0.5) is 10.8 Å². The minimum absolute atomic E-state index is 0.142. The highest BCUT2D eigenvalue weighted by Crippen LogP contribution is 2.28. The summed E-state index contributed by atoms with van der Waals surface area (Å²) >= 11 is 2.95. The molecule has 0 amide bonds. The van der Waals surface area contributed by atoms with E-state index in [0.717, 1.165) is 20.9 Å². The zero-order valence-corrected chi connectivity index (χ0v) is 11.4. The van der Waals surface area contributed by atoms with E-state index >= 15 is 0 Å². The van der Waals surface area contributed by atoms with E-state index < -0.39 is 0 Å². The Labute approximate surface area is 113 Å². The van der Waals surface area contributed by atoms with Crippen LogP contribution in [0.3, 0.4) is 0 Å². The highest BCUT2D eigenvalue weighted by atomic mass is 32.2. The van der Waals surface area contributed by atoms with Crippen molar-refractivity contribution in [3.63, 3.8) is 0 Å². The number of methoxy groups -OCH3 is 1. The van der Waals surface area contributed by atoms with Crippen LogP contribution in [-0.2, 0) is 0 Å². The summed E-state index contributed by atoms with van der Waals surface area (Å²) in [5.41, 5.74) is 0.907. The van der Waals surface area contributed by atoms with Crippen molar-refractivity contribution in [3.05, 3.63) is 24.3 Å². The number of benzene rings is 1. The molecule has 1 aromatic heterocycles. The van der Waals surface area contributed by atoms with Gasteiger partial charge < -0.3 is 15.2 Å². The van der Waals surface area contributed by atoms with Gasteiger partial charge in [-0.15, -0.1) is 10.2 Å². The van der Waals surface area contributed by atoms with E-state index in [1.807, 2.05) is 24.3 Å². The van der Waals surface area contributed by atoms with Crippen LogP contribution in [0.25, 0.3) is 0 Å². The van der Waals surface area contributed by atoms with Crippen molar-refractivity contribution in [3.8, 4) is 5.75 Å². The number of nitrogens with zero attached hydrogens (tertiary/aromatic N) is 2. The summed E-state index contributed by atoms with van der Waals surface area (Å²) in [4.78, 5) is 0. The number of nitrogens with one attached hydrogen (secondary N) is 1. The van der Waals surface area contributed by atoms with Crippen molar-refractivity contribution >= 4 is 33.9 Å². The van der Waals surface area contributed by atoms with Gasteiger partial charge in [0, 0.05) is 17.5 Å². The molecular formula is C11H13N3O2S2. The lowest BCUT2D eigenvalue weighted by atomic mass is 10.3. The molecule has 2 aromatic rings. The second-order valence-electron chi connectivity index (χ2n) is 3.30. The lowest BCUT2D eigenvalue weighted by molar-refractivity contribution is 0.322. The van der Waals surface area contributed by atoms with Gasteiger partial charge in [0.05, 0.1) is 13.7 Å². The molecule has 0 aliphatic carbocycles. The van der Waals surface area contributed by atoms with Crippen LogP contribution in [0.1, 0.15) is 0 Å². The SMILES string of the molecule is COc1cccc(Nc2nnc(SCCO)s2)c1. The molecule has 18 heavy (non-hydrogen) atoms. The third-order valence-corrected chi connectivity index (χ3v) is 4.00. The zero-order chi connectivity index (χ0) is 12.8. The summed E-state index contributed by atoms with van der Waals surface area (Å²) < 4.78 is 5.99. The van der Waals surface area contributed by atoms with Crippen molar-refractivity contribution in [1.82, 2.24) is 10.2 Å². The molecule has 0 atom stereocenters. The molecule has 0 radical (unpaired) electrons. The van der Waals surface area contributed by atoms with E-state index in [1.165, 1.54) is 23.1 Å². The topological polar surface area (TPSA) is 67.3 Å². The van der Waals surface area contributed by atoms with E-state index in [0.29, 0.717) is 5.75 Å². The van der Waals surface area contributed by atoms with Gasteiger partial charge in [0.1, 0.15) is 5.75 Å². The lowest BCUT2D eigenvalue weighted by Crippen LogP contribution is -1.90. The van der Waals surface area contributed by atoms with Gasteiger partial charge in [0.15, 0.2) is 4.34 Å². The number of hydrogen-bond acceptors (Lipinski definition) is 7. The van der Waals surface area contributed by atoms with Crippen LogP contribution in [0.5, 0.6) is 5.75 Å². The summed E-state index contributed by atoms with van der Waals surface area (Å²) in [6.07, 6.45) is 0. The maximum absolute atomic E-state index is 8.73. The Morgan fingerprint density at radius 3 is 3.11 bits per heavy atom. The van der Waals surface area contributed by atoms with Crippen molar-refractivity contribution in [1.29, 1.82) is 0 Å². The maximum Gasteiger partial charge on any atom is 0.210 e. The third kappa shape index (κ3) is 3.59. The molecule has 0 saturated carbocycles. The molecule has 0 aliphatic rings. The summed E-state index contributed by atoms with van der Waals surface area (Å²) in [5.74, 6) is 1.42. The summed E-state index contributed by atoms with van der Waals surface area (Å²) in [6.45, 7) is 0.142. The Morgan fingerprint density at radius 1 is 1.44 bits per heavy atom. The van der Waals surface area contributed by atoms with Crippen LogP contribution in [0.15, 0.2) is 28.6 Å². The summed E-state index contributed by atoms with van der Waals surface area (Å²) in [6, 6.07) is 7.61. The first-order valence-electron chi connectivity index (χ1n) is 5.30. The predicted octanol–water partition coefficient (Wildman–Crippen LogP) is 2.37. The van der Waals surface area contributed by atoms with E-state index in [4.69, 9.17) is 9.84 Å². The van der Waals surface area contributed by atoms with E-state index in [1.54, 1.807) is 7.11 Å². The average Bonchev–Trinajstić information content (AvgIpc) is 2.84. The minimum atomic E-state index is 0.142. The van der Waals surface area contributed by atoms with Crippen LogP contribution >= 0.6 is 23.1 Å². The standard InChI is InChI=1S/C11H13N3O2S2/c1-16-9-4-2-3-8(7-9)12-10-13-14-11(18-10)17-6-5-15/h2-4,7,15H,5-6H2,1H3,(H,12,13). The first-order chi connectivity index (χ1) is 8.81. The number of rotatable bonds is 6. The Kier molecular flexibility index (Phi) is 4.80. The normalized spacial score (nSPS) is 10.3. The number of hydrogen-bond donors (Lipinski definition) is 2. The Morgan fingerprint density at radius 2 is 2.33 bits per heavy atom. The molecule has 2 rings (SSSR count). The zero-order valence-electron chi connectivity index (χ0n) is 9.79. The summed E-state index contributed by atoms with van der Waals surface area (Å²) in [7, 11) is 1.63. The number of ether oxygens (including phenoxy) is 1. The quantitative estimate of drug-likeness (QED) is 0.793.